The van der Waals surface area contributed by atoms with Crippen LogP contribution in [0.2, 0.25) is 0 Å². The summed E-state index contributed by atoms with van der Waals surface area (Å²) in [6.07, 6.45) is -9.84. The average molecular weight is 523 g/mol. The fourth-order valence-corrected chi connectivity index (χ4v) is 4.18. The van der Waals surface area contributed by atoms with Gasteiger partial charge in [-0.15, -0.1) is 11.6 Å². The molecule has 35 heavy (non-hydrogen) atoms. The van der Waals surface area contributed by atoms with Crippen molar-refractivity contribution in [2.75, 3.05) is 19.0 Å². The number of alkyl halides is 7. The van der Waals surface area contributed by atoms with Gasteiger partial charge in [-0.1, -0.05) is 30.3 Å². The first-order valence-electron chi connectivity index (χ1n) is 10.9. The fraction of sp³-hybridized carbons (Fsp3) is 0.458. The number of hydrogen-bond donors (Lipinski definition) is 2. The van der Waals surface area contributed by atoms with Crippen molar-refractivity contribution in [1.82, 2.24) is 10.6 Å². The van der Waals surface area contributed by atoms with Gasteiger partial charge in [0.05, 0.1) is 29.4 Å². The van der Waals surface area contributed by atoms with Crippen LogP contribution in [0.1, 0.15) is 48.1 Å². The van der Waals surface area contributed by atoms with Crippen LogP contribution in [0.5, 0.6) is 0 Å². The molecule has 0 aliphatic carbocycles. The Bertz CT molecular complexity index is 973. The van der Waals surface area contributed by atoms with Gasteiger partial charge in [-0.05, 0) is 49.1 Å². The van der Waals surface area contributed by atoms with Crippen molar-refractivity contribution in [3.63, 3.8) is 0 Å². The second kappa shape index (κ2) is 10.8. The predicted octanol–water partition coefficient (Wildman–Crippen LogP) is 5.80. The van der Waals surface area contributed by atoms with Crippen molar-refractivity contribution in [2.45, 2.75) is 49.8 Å². The third kappa shape index (κ3) is 6.89. The molecule has 1 saturated heterocycles. The summed E-state index contributed by atoms with van der Waals surface area (Å²) in [6.45, 7) is 1.80. The van der Waals surface area contributed by atoms with E-state index in [-0.39, 0.29) is 36.1 Å². The minimum atomic E-state index is -4.94. The van der Waals surface area contributed by atoms with Crippen LogP contribution in [-0.2, 0) is 27.4 Å². The quantitative estimate of drug-likeness (QED) is 0.357. The molecular formula is C24H25ClF6N2O2. The number of halogens is 7. The monoisotopic (exact) mass is 522 g/mol. The van der Waals surface area contributed by atoms with Gasteiger partial charge in [0.25, 0.3) is 0 Å². The molecule has 1 unspecified atom stereocenters. The van der Waals surface area contributed by atoms with Crippen molar-refractivity contribution < 1.29 is 35.9 Å². The Morgan fingerprint density at radius 1 is 1.11 bits per heavy atom. The highest BCUT2D eigenvalue weighted by atomic mass is 35.5. The third-order valence-electron chi connectivity index (χ3n) is 6.08. The summed E-state index contributed by atoms with van der Waals surface area (Å²) in [5.74, 6) is -0.474. The first-order chi connectivity index (χ1) is 16.3. The van der Waals surface area contributed by atoms with Gasteiger partial charge in [0.1, 0.15) is 5.88 Å². The van der Waals surface area contributed by atoms with Crippen molar-refractivity contribution >= 4 is 17.5 Å². The van der Waals surface area contributed by atoms with E-state index in [1.807, 2.05) is 30.3 Å². The number of carbonyl (C=O) groups excluding carboxylic acids is 1. The summed E-state index contributed by atoms with van der Waals surface area (Å²) in [4.78, 5) is 11.6. The maximum Gasteiger partial charge on any atom is 0.416 e. The molecule has 1 fully saturated rings. The summed E-state index contributed by atoms with van der Waals surface area (Å²) in [7, 11) is 0. The molecule has 2 N–H and O–H groups in total. The lowest BCUT2D eigenvalue weighted by Crippen LogP contribution is -2.57. The number of hydrogen-bond acceptors (Lipinski definition) is 3. The zero-order valence-electron chi connectivity index (χ0n) is 18.8. The average Bonchev–Trinajstić information content (AvgIpc) is 2.82. The van der Waals surface area contributed by atoms with Gasteiger partial charge < -0.3 is 15.4 Å². The number of amides is 1. The number of piperidine rings is 1. The largest absolute Gasteiger partial charge is 0.416 e. The molecule has 1 heterocycles. The summed E-state index contributed by atoms with van der Waals surface area (Å²) in [5.41, 5.74) is -2.88. The van der Waals surface area contributed by atoms with Crippen molar-refractivity contribution in [1.29, 1.82) is 0 Å². The fourth-order valence-electron chi connectivity index (χ4n) is 4.11. The standard InChI is InChI=1S/C24H25ClF6N2O2/c1-15(16-9-18(23(26,27)28)11-19(10-16)24(29,30)31)35-14-22(17-5-3-2-4-6-17)8-7-20(13-32-22)33-21(34)12-25/h2-6,9-11,15,20,32H,7-8,12-14H2,1H3,(H,33,34)/t15?,20-,22+/m0/s1. The lowest BCUT2D eigenvalue weighted by atomic mass is 9.81. The molecule has 3 atom stereocenters. The molecule has 0 saturated carbocycles. The number of nitrogens with one attached hydrogen (secondary N) is 2. The SMILES string of the molecule is CC(OC[C@@]1(c2ccccc2)CC[C@H](NC(=O)CCl)CN1)c1cc(C(F)(F)F)cc(C(F)(F)F)c1. The van der Waals surface area contributed by atoms with E-state index in [1.165, 1.54) is 6.92 Å². The van der Waals surface area contributed by atoms with Crippen LogP contribution in [-0.4, -0.2) is 31.0 Å². The second-order valence-corrected chi connectivity index (χ2v) is 8.83. The maximum atomic E-state index is 13.3. The first-order valence-corrected chi connectivity index (χ1v) is 11.4. The van der Waals surface area contributed by atoms with Crippen LogP contribution >= 0.6 is 11.6 Å². The predicted molar refractivity (Wildman–Crippen MR) is 119 cm³/mol. The number of carbonyl (C=O) groups is 1. The van der Waals surface area contributed by atoms with Crippen molar-refractivity contribution in [2.24, 2.45) is 0 Å². The number of benzene rings is 2. The van der Waals surface area contributed by atoms with Crippen LogP contribution in [0.25, 0.3) is 0 Å². The zero-order valence-corrected chi connectivity index (χ0v) is 19.5. The highest BCUT2D eigenvalue weighted by Crippen LogP contribution is 2.39. The Hall–Kier alpha value is -2.30. The van der Waals surface area contributed by atoms with Crippen molar-refractivity contribution in [3.05, 3.63) is 70.8 Å². The highest BCUT2D eigenvalue weighted by Gasteiger charge is 2.39. The molecule has 1 amide bonds. The molecule has 0 aromatic heterocycles. The Labute approximate surface area is 204 Å². The molecule has 2 aromatic carbocycles. The Balaban J connectivity index is 1.83. The van der Waals surface area contributed by atoms with Crippen LogP contribution in [0.4, 0.5) is 26.3 Å². The first kappa shape index (κ1) is 27.3. The van der Waals surface area contributed by atoms with Crippen LogP contribution < -0.4 is 10.6 Å². The van der Waals surface area contributed by atoms with E-state index in [0.717, 1.165) is 5.56 Å². The van der Waals surface area contributed by atoms with E-state index in [4.69, 9.17) is 16.3 Å². The molecule has 11 heteroatoms. The number of ether oxygens (including phenoxy) is 1. The summed E-state index contributed by atoms with van der Waals surface area (Å²) < 4.78 is 85.4. The molecule has 0 radical (unpaired) electrons. The van der Waals surface area contributed by atoms with Gasteiger partial charge in [0.2, 0.25) is 5.91 Å². The minimum Gasteiger partial charge on any atom is -0.372 e. The summed E-state index contributed by atoms with van der Waals surface area (Å²) in [6, 6.07) is 10.5. The molecule has 1 aliphatic heterocycles. The van der Waals surface area contributed by atoms with Gasteiger partial charge in [-0.25, -0.2) is 0 Å². The maximum absolute atomic E-state index is 13.3. The van der Waals surface area contributed by atoms with Gasteiger partial charge in [-0.2, -0.15) is 26.3 Å². The summed E-state index contributed by atoms with van der Waals surface area (Å²) >= 11 is 5.55. The van der Waals surface area contributed by atoms with Crippen LogP contribution in [0, 0.1) is 0 Å². The molecule has 2 aromatic rings. The lowest BCUT2D eigenvalue weighted by Gasteiger charge is -2.42. The molecule has 0 bridgehead atoms. The third-order valence-corrected chi connectivity index (χ3v) is 6.32. The van der Waals surface area contributed by atoms with Gasteiger partial charge in [0, 0.05) is 12.6 Å². The van der Waals surface area contributed by atoms with E-state index < -0.39 is 35.1 Å². The molecule has 3 rings (SSSR count). The Morgan fingerprint density at radius 2 is 1.71 bits per heavy atom. The molecule has 192 valence electrons. The number of rotatable bonds is 7. The molecule has 1 aliphatic rings. The Kier molecular flexibility index (Phi) is 8.39. The van der Waals surface area contributed by atoms with Crippen LogP contribution in [0.15, 0.2) is 48.5 Å². The van der Waals surface area contributed by atoms with Gasteiger partial charge in [0.15, 0.2) is 0 Å². The highest BCUT2D eigenvalue weighted by molar-refractivity contribution is 6.27. The Morgan fingerprint density at radius 3 is 2.20 bits per heavy atom. The van der Waals surface area contributed by atoms with E-state index >= 15 is 0 Å². The molecular weight excluding hydrogens is 498 g/mol. The second-order valence-electron chi connectivity index (χ2n) is 8.56. The van der Waals surface area contributed by atoms with Crippen LogP contribution in [0.3, 0.4) is 0 Å². The van der Waals surface area contributed by atoms with E-state index in [1.54, 1.807) is 0 Å². The smallest absolute Gasteiger partial charge is 0.372 e. The molecule has 0 spiro atoms. The zero-order chi connectivity index (χ0) is 25.9. The van der Waals surface area contributed by atoms with E-state index in [0.29, 0.717) is 31.5 Å². The summed E-state index contributed by atoms with van der Waals surface area (Å²) in [5, 5.41) is 6.17. The lowest BCUT2D eigenvalue weighted by molar-refractivity contribution is -0.143. The van der Waals surface area contributed by atoms with Gasteiger partial charge >= 0.3 is 12.4 Å². The van der Waals surface area contributed by atoms with Crippen molar-refractivity contribution in [3.8, 4) is 0 Å². The normalized spacial score (nSPS) is 22.0. The molecule has 4 nitrogen and oxygen atoms in total. The van der Waals surface area contributed by atoms with E-state index in [9.17, 15) is 31.1 Å². The van der Waals surface area contributed by atoms with E-state index in [2.05, 4.69) is 10.6 Å². The van der Waals surface area contributed by atoms with Gasteiger partial charge in [-0.3, -0.25) is 4.79 Å². The minimum absolute atomic E-state index is 0.00799. The topological polar surface area (TPSA) is 50.4 Å².